The number of aryl methyl sites for hydroxylation is 1. The molecule has 156 valence electrons. The Balaban J connectivity index is 2.02. The Bertz CT molecular complexity index is 788. The number of thioether (sulfide) groups is 1. The highest BCUT2D eigenvalue weighted by Crippen LogP contribution is 2.26. The molecule has 1 heterocycles. The number of carbonyl (C=O) groups is 2. The second-order valence-corrected chi connectivity index (χ2v) is 9.74. The fourth-order valence-corrected chi connectivity index (χ4v) is 5.51. The number of rotatable bonds is 8. The van der Waals surface area contributed by atoms with Gasteiger partial charge in [-0.15, -0.1) is 11.8 Å². The number of amides is 1. The van der Waals surface area contributed by atoms with Crippen molar-refractivity contribution in [2.45, 2.75) is 43.9 Å². The molecule has 0 radical (unpaired) electrons. The third-order valence-corrected chi connectivity index (χ3v) is 7.55. The van der Waals surface area contributed by atoms with Gasteiger partial charge in [-0.3, -0.25) is 9.59 Å². The molecule has 1 aliphatic rings. The summed E-state index contributed by atoms with van der Waals surface area (Å²) in [4.78, 5) is 23.4. The van der Waals surface area contributed by atoms with Crippen molar-refractivity contribution in [3.8, 4) is 0 Å². The number of anilines is 1. The second-order valence-electron chi connectivity index (χ2n) is 6.73. The number of carbonyl (C=O) groups excluding carboxylic acids is 2. The smallest absolute Gasteiger partial charge is 0.315 e. The average Bonchev–Trinajstić information content (AvgIpc) is 2.96. The maximum Gasteiger partial charge on any atom is 0.315 e. The number of hydrogen-bond donors (Lipinski definition) is 1. The van der Waals surface area contributed by atoms with Crippen LogP contribution in [0.15, 0.2) is 23.1 Å². The Labute approximate surface area is 171 Å². The number of methoxy groups -OCH3 is 1. The van der Waals surface area contributed by atoms with E-state index in [0.717, 1.165) is 25.7 Å². The summed E-state index contributed by atoms with van der Waals surface area (Å²) in [5, 5.41) is 2.75. The Morgan fingerprint density at radius 3 is 2.50 bits per heavy atom. The summed E-state index contributed by atoms with van der Waals surface area (Å²) in [7, 11) is -2.26. The lowest BCUT2D eigenvalue weighted by atomic mass is 10.2. The van der Waals surface area contributed by atoms with E-state index in [-0.39, 0.29) is 28.9 Å². The van der Waals surface area contributed by atoms with Gasteiger partial charge in [-0.1, -0.05) is 18.9 Å². The lowest BCUT2D eigenvalue weighted by molar-refractivity contribution is -0.137. The molecule has 1 aromatic carbocycles. The summed E-state index contributed by atoms with van der Waals surface area (Å²) in [6.45, 7) is 2.84. The number of esters is 1. The van der Waals surface area contributed by atoms with Crippen molar-refractivity contribution in [3.63, 3.8) is 0 Å². The van der Waals surface area contributed by atoms with E-state index in [0.29, 0.717) is 30.1 Å². The highest BCUT2D eigenvalue weighted by atomic mass is 32.2. The number of nitrogens with one attached hydrogen (secondary N) is 1. The van der Waals surface area contributed by atoms with Crippen LogP contribution in [0.3, 0.4) is 0 Å². The monoisotopic (exact) mass is 428 g/mol. The van der Waals surface area contributed by atoms with Crippen LogP contribution in [-0.2, 0) is 24.3 Å². The Morgan fingerprint density at radius 1 is 1.18 bits per heavy atom. The highest BCUT2D eigenvalue weighted by molar-refractivity contribution is 7.99. The van der Waals surface area contributed by atoms with Gasteiger partial charge in [0.2, 0.25) is 15.9 Å². The molecule has 0 aliphatic carbocycles. The van der Waals surface area contributed by atoms with Crippen LogP contribution in [0, 0.1) is 6.92 Å². The van der Waals surface area contributed by atoms with E-state index in [4.69, 9.17) is 0 Å². The first-order valence-electron chi connectivity index (χ1n) is 9.40. The molecule has 7 nitrogen and oxygen atoms in total. The molecule has 1 saturated heterocycles. The molecule has 0 unspecified atom stereocenters. The van der Waals surface area contributed by atoms with Crippen molar-refractivity contribution in [2.75, 3.05) is 37.0 Å². The molecule has 0 bridgehead atoms. The number of ether oxygens (including phenoxy) is 1. The summed E-state index contributed by atoms with van der Waals surface area (Å²) in [6.07, 6.45) is 4.07. The molecular weight excluding hydrogens is 400 g/mol. The number of sulfonamides is 1. The number of nitrogens with zero attached hydrogens (tertiary/aromatic N) is 1. The van der Waals surface area contributed by atoms with Crippen LogP contribution in [0.2, 0.25) is 0 Å². The average molecular weight is 429 g/mol. The van der Waals surface area contributed by atoms with Crippen molar-refractivity contribution in [3.05, 3.63) is 23.8 Å². The van der Waals surface area contributed by atoms with Gasteiger partial charge < -0.3 is 10.1 Å². The van der Waals surface area contributed by atoms with Gasteiger partial charge in [0.15, 0.2) is 0 Å². The molecule has 1 aromatic rings. The van der Waals surface area contributed by atoms with Crippen LogP contribution in [0.5, 0.6) is 0 Å². The van der Waals surface area contributed by atoms with Crippen LogP contribution < -0.4 is 5.32 Å². The lowest BCUT2D eigenvalue weighted by Crippen LogP contribution is -2.32. The van der Waals surface area contributed by atoms with Crippen molar-refractivity contribution >= 4 is 39.3 Å². The summed E-state index contributed by atoms with van der Waals surface area (Å²) < 4.78 is 32.2. The molecule has 28 heavy (non-hydrogen) atoms. The second kappa shape index (κ2) is 10.8. The van der Waals surface area contributed by atoms with E-state index in [9.17, 15) is 18.0 Å². The number of benzene rings is 1. The molecule has 2 rings (SSSR count). The zero-order valence-electron chi connectivity index (χ0n) is 16.4. The highest BCUT2D eigenvalue weighted by Gasteiger charge is 2.27. The quantitative estimate of drug-likeness (QED) is 0.506. The van der Waals surface area contributed by atoms with Crippen LogP contribution in [0.4, 0.5) is 5.69 Å². The summed E-state index contributed by atoms with van der Waals surface area (Å²) in [6, 6.07) is 4.96. The molecule has 9 heteroatoms. The van der Waals surface area contributed by atoms with E-state index in [2.05, 4.69) is 10.1 Å². The molecule has 1 N–H and O–H groups in total. The molecular formula is C19H28N2O5S2. The normalized spacial score (nSPS) is 15.6. The Hall–Kier alpha value is -1.58. The predicted octanol–water partition coefficient (Wildman–Crippen LogP) is 2.79. The van der Waals surface area contributed by atoms with E-state index in [1.54, 1.807) is 23.4 Å². The van der Waals surface area contributed by atoms with Gasteiger partial charge in [0, 0.05) is 31.0 Å². The first-order chi connectivity index (χ1) is 13.3. The van der Waals surface area contributed by atoms with Crippen molar-refractivity contribution in [1.82, 2.24) is 4.31 Å². The predicted molar refractivity (Wildman–Crippen MR) is 111 cm³/mol. The van der Waals surface area contributed by atoms with Crippen LogP contribution in [0.25, 0.3) is 0 Å². The Kier molecular flexibility index (Phi) is 8.78. The zero-order chi connectivity index (χ0) is 20.6. The first-order valence-corrected chi connectivity index (χ1v) is 12.0. The Morgan fingerprint density at radius 2 is 1.86 bits per heavy atom. The maximum absolute atomic E-state index is 13.1. The minimum atomic E-state index is -3.58. The third-order valence-electron chi connectivity index (χ3n) is 4.58. The minimum absolute atomic E-state index is 0.201. The van der Waals surface area contributed by atoms with Gasteiger partial charge in [0.05, 0.1) is 17.8 Å². The van der Waals surface area contributed by atoms with Crippen LogP contribution in [0.1, 0.15) is 37.7 Å². The van der Waals surface area contributed by atoms with E-state index >= 15 is 0 Å². The fraction of sp³-hybridized carbons (Fsp3) is 0.579. The van der Waals surface area contributed by atoms with Crippen molar-refractivity contribution < 1.29 is 22.7 Å². The zero-order valence-corrected chi connectivity index (χ0v) is 18.0. The van der Waals surface area contributed by atoms with Gasteiger partial charge in [-0.25, -0.2) is 8.42 Å². The maximum atomic E-state index is 13.1. The summed E-state index contributed by atoms with van der Waals surface area (Å²) in [5.74, 6) is 0.129. The molecule has 0 aromatic heterocycles. The minimum Gasteiger partial charge on any atom is -0.468 e. The van der Waals surface area contributed by atoms with Crippen LogP contribution >= 0.6 is 11.8 Å². The summed E-state index contributed by atoms with van der Waals surface area (Å²) >= 11 is 1.32. The van der Waals surface area contributed by atoms with Crippen LogP contribution in [-0.4, -0.2) is 56.3 Å². The molecule has 0 spiro atoms. The van der Waals surface area contributed by atoms with Gasteiger partial charge in [0.1, 0.15) is 0 Å². The van der Waals surface area contributed by atoms with Crippen molar-refractivity contribution in [2.24, 2.45) is 0 Å². The molecule has 1 amide bonds. The van der Waals surface area contributed by atoms with Gasteiger partial charge >= 0.3 is 5.97 Å². The third kappa shape index (κ3) is 6.49. The van der Waals surface area contributed by atoms with Crippen molar-refractivity contribution in [1.29, 1.82) is 0 Å². The molecule has 1 fully saturated rings. The molecule has 0 atom stereocenters. The molecule has 1 aliphatic heterocycles. The van der Waals surface area contributed by atoms with E-state index in [1.807, 2.05) is 0 Å². The van der Waals surface area contributed by atoms with Gasteiger partial charge in [-0.2, -0.15) is 4.31 Å². The lowest BCUT2D eigenvalue weighted by Gasteiger charge is -2.21. The fourth-order valence-electron chi connectivity index (χ4n) is 2.98. The van der Waals surface area contributed by atoms with Gasteiger partial charge in [0.25, 0.3) is 0 Å². The standard InChI is InChI=1S/C19H28N2O5S2/c1-15-7-8-16(20-18(22)9-12-27-14-19(23)26-2)13-17(15)28(24,25)21-10-5-3-4-6-11-21/h7-8,13H,3-6,9-12,14H2,1-2H3,(H,20,22). The number of hydrogen-bond acceptors (Lipinski definition) is 6. The summed E-state index contributed by atoms with van der Waals surface area (Å²) in [5.41, 5.74) is 1.12. The van der Waals surface area contributed by atoms with Gasteiger partial charge in [-0.05, 0) is 37.5 Å². The largest absolute Gasteiger partial charge is 0.468 e. The first kappa shape index (κ1) is 22.7. The topological polar surface area (TPSA) is 92.8 Å². The van der Waals surface area contributed by atoms with E-state index < -0.39 is 10.0 Å². The molecule has 0 saturated carbocycles. The van der Waals surface area contributed by atoms with E-state index in [1.165, 1.54) is 24.9 Å². The SMILES string of the molecule is COC(=O)CSCCC(=O)Nc1ccc(C)c(S(=O)(=O)N2CCCCCC2)c1.